The molecule has 10 heteroatoms. The molecular formula is C63H100NO8P. The number of nitrogens with two attached hydrogens (primary N) is 1. The number of rotatable bonds is 50. The summed E-state index contributed by atoms with van der Waals surface area (Å²) in [6.45, 7) is 3.44. The van der Waals surface area contributed by atoms with Crippen molar-refractivity contribution < 1.29 is 37.6 Å². The maximum Gasteiger partial charge on any atom is 0.472 e. The van der Waals surface area contributed by atoms with Gasteiger partial charge >= 0.3 is 19.8 Å². The molecule has 0 saturated heterocycles. The summed E-state index contributed by atoms with van der Waals surface area (Å²) < 4.78 is 33.0. The molecule has 0 aliphatic carbocycles. The lowest BCUT2D eigenvalue weighted by Gasteiger charge is -2.19. The summed E-state index contributed by atoms with van der Waals surface area (Å²) >= 11 is 0. The van der Waals surface area contributed by atoms with E-state index in [0.717, 1.165) is 154 Å². The molecule has 0 amide bonds. The van der Waals surface area contributed by atoms with Gasteiger partial charge in [0.2, 0.25) is 0 Å². The van der Waals surface area contributed by atoms with Gasteiger partial charge in [-0.05, 0) is 122 Å². The smallest absolute Gasteiger partial charge is 0.462 e. The van der Waals surface area contributed by atoms with Gasteiger partial charge in [-0.25, -0.2) is 4.57 Å². The minimum Gasteiger partial charge on any atom is -0.462 e. The van der Waals surface area contributed by atoms with Crippen LogP contribution in [0.4, 0.5) is 0 Å². The zero-order valence-electron chi connectivity index (χ0n) is 45.5. The molecule has 73 heavy (non-hydrogen) atoms. The van der Waals surface area contributed by atoms with Crippen molar-refractivity contribution in [1.82, 2.24) is 0 Å². The van der Waals surface area contributed by atoms with Crippen LogP contribution in [-0.4, -0.2) is 49.3 Å². The van der Waals surface area contributed by atoms with Gasteiger partial charge in [0.25, 0.3) is 0 Å². The van der Waals surface area contributed by atoms with Crippen molar-refractivity contribution in [3.63, 3.8) is 0 Å². The second-order valence-electron chi connectivity index (χ2n) is 17.7. The van der Waals surface area contributed by atoms with Crippen LogP contribution in [0.15, 0.2) is 158 Å². The highest BCUT2D eigenvalue weighted by Crippen LogP contribution is 2.43. The van der Waals surface area contributed by atoms with Crippen molar-refractivity contribution in [2.75, 3.05) is 26.4 Å². The molecule has 0 rings (SSSR count). The van der Waals surface area contributed by atoms with Crippen molar-refractivity contribution in [3.8, 4) is 0 Å². The van der Waals surface area contributed by atoms with Gasteiger partial charge in [0.05, 0.1) is 13.2 Å². The number of phosphoric acid groups is 1. The maximum atomic E-state index is 12.7. The fraction of sp³-hybridized carbons (Fsp3) is 0.556. The van der Waals surface area contributed by atoms with Crippen molar-refractivity contribution in [2.24, 2.45) is 5.73 Å². The van der Waals surface area contributed by atoms with Gasteiger partial charge in [0, 0.05) is 19.4 Å². The lowest BCUT2D eigenvalue weighted by molar-refractivity contribution is -0.161. The third-order valence-electron chi connectivity index (χ3n) is 10.9. The largest absolute Gasteiger partial charge is 0.472 e. The van der Waals surface area contributed by atoms with Crippen molar-refractivity contribution >= 4 is 19.8 Å². The Morgan fingerprint density at radius 1 is 0.411 bits per heavy atom. The van der Waals surface area contributed by atoms with Crippen LogP contribution in [0.2, 0.25) is 0 Å². The predicted molar refractivity (Wildman–Crippen MR) is 311 cm³/mol. The number of phosphoric ester groups is 1. The minimum atomic E-state index is -4.41. The van der Waals surface area contributed by atoms with Crippen LogP contribution >= 0.6 is 7.82 Å². The van der Waals surface area contributed by atoms with E-state index in [1.54, 1.807) is 0 Å². The Morgan fingerprint density at radius 3 is 1.05 bits per heavy atom. The van der Waals surface area contributed by atoms with Crippen LogP contribution in [0.5, 0.6) is 0 Å². The third-order valence-corrected chi connectivity index (χ3v) is 11.9. The number of carbonyl (C=O) groups excluding carboxylic acids is 2. The highest BCUT2D eigenvalue weighted by molar-refractivity contribution is 7.47. The molecule has 2 atom stereocenters. The normalized spacial score (nSPS) is 14.3. The second kappa shape index (κ2) is 56.9. The molecule has 0 aliphatic heterocycles. The van der Waals surface area contributed by atoms with Crippen LogP contribution in [0.3, 0.4) is 0 Å². The molecule has 0 heterocycles. The first-order chi connectivity index (χ1) is 35.8. The van der Waals surface area contributed by atoms with E-state index < -0.39 is 32.5 Å². The number of carbonyl (C=O) groups is 2. The van der Waals surface area contributed by atoms with Gasteiger partial charge in [-0.15, -0.1) is 0 Å². The predicted octanol–water partition coefficient (Wildman–Crippen LogP) is 17.7. The highest BCUT2D eigenvalue weighted by atomic mass is 31.2. The summed E-state index contributed by atoms with van der Waals surface area (Å²) in [4.78, 5) is 35.2. The topological polar surface area (TPSA) is 134 Å². The van der Waals surface area contributed by atoms with Gasteiger partial charge in [0.1, 0.15) is 6.61 Å². The molecule has 0 fully saturated rings. The summed E-state index contributed by atoms with van der Waals surface area (Å²) in [5, 5.41) is 0. The van der Waals surface area contributed by atoms with E-state index in [1.807, 2.05) is 0 Å². The van der Waals surface area contributed by atoms with Crippen LogP contribution < -0.4 is 5.73 Å². The van der Waals surface area contributed by atoms with E-state index in [-0.39, 0.29) is 32.6 Å². The molecule has 2 unspecified atom stereocenters. The molecule has 0 radical (unpaired) electrons. The first kappa shape index (κ1) is 68.6. The molecule has 9 nitrogen and oxygen atoms in total. The molecular weight excluding hydrogens is 930 g/mol. The number of ether oxygens (including phenoxy) is 2. The van der Waals surface area contributed by atoms with Crippen LogP contribution in [0.1, 0.15) is 194 Å². The van der Waals surface area contributed by atoms with Gasteiger partial charge in [-0.1, -0.05) is 217 Å². The Bertz CT molecular complexity index is 1740. The summed E-state index contributed by atoms with van der Waals surface area (Å²) in [6.07, 6.45) is 82.8. The van der Waals surface area contributed by atoms with Crippen molar-refractivity contribution in [3.05, 3.63) is 158 Å². The Morgan fingerprint density at radius 2 is 0.712 bits per heavy atom. The first-order valence-electron chi connectivity index (χ1n) is 28.0. The number of allylic oxidation sites excluding steroid dienone is 26. The van der Waals surface area contributed by atoms with Crippen molar-refractivity contribution in [2.45, 2.75) is 200 Å². The first-order valence-corrected chi connectivity index (χ1v) is 29.5. The molecule has 0 aromatic carbocycles. The van der Waals surface area contributed by atoms with Crippen molar-refractivity contribution in [1.29, 1.82) is 0 Å². The van der Waals surface area contributed by atoms with E-state index in [9.17, 15) is 19.0 Å². The molecule has 0 aromatic rings. The fourth-order valence-corrected chi connectivity index (χ4v) is 7.62. The number of hydrogen-bond donors (Lipinski definition) is 2. The van der Waals surface area contributed by atoms with Crippen LogP contribution in [0.25, 0.3) is 0 Å². The van der Waals surface area contributed by atoms with Crippen LogP contribution in [-0.2, 0) is 32.7 Å². The summed E-state index contributed by atoms with van der Waals surface area (Å²) in [5.74, 6) is -0.882. The highest BCUT2D eigenvalue weighted by Gasteiger charge is 2.26. The summed E-state index contributed by atoms with van der Waals surface area (Å²) in [6, 6.07) is 0. The Balaban J connectivity index is 4.15. The van der Waals surface area contributed by atoms with E-state index in [1.165, 1.54) is 0 Å². The Hall–Kier alpha value is -4.37. The van der Waals surface area contributed by atoms with E-state index in [4.69, 9.17) is 24.3 Å². The van der Waals surface area contributed by atoms with Gasteiger partial charge in [0.15, 0.2) is 6.10 Å². The standard InChI is InChI=1S/C63H100NO8P/c1-3-5-7-9-11-13-15-17-19-21-23-25-27-29-30-32-34-36-38-40-42-44-46-48-50-52-54-56-63(66)72-61(60-71-73(67,68)70-58-57-64)59-69-62(65)55-53-51-49-47-45-43-41-39-37-35-33-31-28-26-24-22-20-18-16-14-12-10-8-6-4-2/h5-8,11-14,17-20,23-26,29-31,33-34,36-37,39-40,42,61H,3-4,9-10,15-16,21-22,27-28,32,35,38,41,43-60,64H2,1-2H3,(H,67,68)/b7-5-,8-6-,13-11-,14-12-,19-17-,20-18-,25-23-,26-24-,30-29-,33-31-,36-34-,39-37-,42-40-. The Kier molecular flexibility index (Phi) is 53.5. The lowest BCUT2D eigenvalue weighted by Crippen LogP contribution is -2.29. The average molecular weight is 1030 g/mol. The molecule has 0 bridgehead atoms. The number of unbranched alkanes of at least 4 members (excludes halogenated alkanes) is 11. The summed E-state index contributed by atoms with van der Waals surface area (Å²) in [5.41, 5.74) is 5.38. The van der Waals surface area contributed by atoms with Gasteiger partial charge < -0.3 is 20.1 Å². The fourth-order valence-electron chi connectivity index (χ4n) is 6.85. The zero-order chi connectivity index (χ0) is 53.1. The molecule has 410 valence electrons. The van der Waals surface area contributed by atoms with Crippen LogP contribution in [0, 0.1) is 0 Å². The molecule has 0 aliphatic rings. The maximum absolute atomic E-state index is 12.7. The lowest BCUT2D eigenvalue weighted by atomic mass is 10.1. The number of hydrogen-bond acceptors (Lipinski definition) is 8. The van der Waals surface area contributed by atoms with E-state index in [2.05, 4.69) is 172 Å². The molecule has 0 spiro atoms. The molecule has 3 N–H and O–H groups in total. The minimum absolute atomic E-state index is 0.0377. The molecule has 0 saturated carbocycles. The number of esters is 2. The summed E-state index contributed by atoms with van der Waals surface area (Å²) in [7, 11) is -4.41. The third kappa shape index (κ3) is 56.8. The Labute approximate surface area is 445 Å². The monoisotopic (exact) mass is 1030 g/mol. The second-order valence-corrected chi connectivity index (χ2v) is 19.1. The van der Waals surface area contributed by atoms with Gasteiger partial charge in [-0.3, -0.25) is 18.6 Å². The van der Waals surface area contributed by atoms with E-state index >= 15 is 0 Å². The molecule has 0 aromatic heterocycles. The zero-order valence-corrected chi connectivity index (χ0v) is 46.4. The van der Waals surface area contributed by atoms with E-state index in [0.29, 0.717) is 12.8 Å². The van der Waals surface area contributed by atoms with Gasteiger partial charge in [-0.2, -0.15) is 0 Å². The average Bonchev–Trinajstić information content (AvgIpc) is 3.38. The quantitative estimate of drug-likeness (QED) is 0.0264. The SMILES string of the molecule is CC/C=C\C/C=C\C/C=C\C/C=C\C/C=C\C/C=C\C/C=C\CCCCCCCC(=O)OC(COC(=O)CCCCCCCC/C=C\C/C=C\C/C=C\C/C=C\C/C=C\C/C=C\CC)COP(=O)(O)OCCN.